The fourth-order valence-corrected chi connectivity index (χ4v) is 2.13. The van der Waals surface area contributed by atoms with Crippen LogP contribution < -0.4 is 11.1 Å². The molecule has 0 fully saturated rings. The van der Waals surface area contributed by atoms with Crippen molar-refractivity contribution in [2.75, 3.05) is 5.73 Å². The number of esters is 1. The third-order valence-corrected chi connectivity index (χ3v) is 3.05. The molecular formula is C19H30N2O4. The number of nitrogens with two attached hydrogens (primary N) is 1. The first-order chi connectivity index (χ1) is 11.4. The minimum absolute atomic E-state index is 0.387. The first-order valence-electron chi connectivity index (χ1n) is 8.42. The highest BCUT2D eigenvalue weighted by molar-refractivity contribution is 5.81. The highest BCUT2D eigenvalue weighted by Crippen LogP contribution is 2.15. The van der Waals surface area contributed by atoms with Crippen molar-refractivity contribution in [3.63, 3.8) is 0 Å². The quantitative estimate of drug-likeness (QED) is 0.627. The molecular weight excluding hydrogens is 320 g/mol. The Morgan fingerprint density at radius 2 is 1.68 bits per heavy atom. The van der Waals surface area contributed by atoms with Gasteiger partial charge in [-0.1, -0.05) is 12.1 Å². The van der Waals surface area contributed by atoms with Crippen LogP contribution in [0.5, 0.6) is 0 Å². The van der Waals surface area contributed by atoms with Gasteiger partial charge in [0.2, 0.25) is 0 Å². The Labute approximate surface area is 150 Å². The second kappa shape index (κ2) is 8.23. The van der Waals surface area contributed by atoms with Crippen LogP contribution in [0.15, 0.2) is 24.3 Å². The number of hydrogen-bond acceptors (Lipinski definition) is 5. The lowest BCUT2D eigenvalue weighted by atomic mass is 10.0. The lowest BCUT2D eigenvalue weighted by molar-refractivity contribution is -0.157. The summed E-state index contributed by atoms with van der Waals surface area (Å²) in [4.78, 5) is 24.5. The fraction of sp³-hybridized carbons (Fsp3) is 0.579. The zero-order chi connectivity index (χ0) is 19.3. The third-order valence-electron chi connectivity index (χ3n) is 3.05. The Bertz CT molecular complexity index is 600. The molecule has 0 unspecified atom stereocenters. The maximum Gasteiger partial charge on any atom is 0.408 e. The number of nitrogens with one attached hydrogen (secondary N) is 1. The van der Waals surface area contributed by atoms with E-state index >= 15 is 0 Å². The number of alkyl carbamates (subject to hydrolysis) is 1. The molecule has 0 bridgehead atoms. The molecule has 1 atom stereocenters. The predicted molar refractivity (Wildman–Crippen MR) is 98.2 cm³/mol. The van der Waals surface area contributed by atoms with Crippen molar-refractivity contribution in [1.29, 1.82) is 0 Å². The van der Waals surface area contributed by atoms with Gasteiger partial charge in [-0.15, -0.1) is 0 Å². The van der Waals surface area contributed by atoms with Gasteiger partial charge < -0.3 is 20.5 Å². The summed E-state index contributed by atoms with van der Waals surface area (Å²) in [5, 5.41) is 2.61. The molecule has 0 aliphatic rings. The number of rotatable bonds is 5. The van der Waals surface area contributed by atoms with Gasteiger partial charge in [-0.25, -0.2) is 9.59 Å². The molecule has 6 nitrogen and oxygen atoms in total. The summed E-state index contributed by atoms with van der Waals surface area (Å²) >= 11 is 0. The number of nitrogen functional groups attached to an aromatic ring is 1. The summed E-state index contributed by atoms with van der Waals surface area (Å²) in [6.45, 7) is 10.7. The van der Waals surface area contributed by atoms with E-state index in [1.165, 1.54) is 0 Å². The number of carbonyl (C=O) groups excluding carboxylic acids is 2. The van der Waals surface area contributed by atoms with Crippen LogP contribution in [0.3, 0.4) is 0 Å². The molecule has 1 rings (SSSR count). The van der Waals surface area contributed by atoms with E-state index in [0.29, 0.717) is 18.5 Å². The molecule has 1 amide bonds. The molecule has 1 aromatic rings. The topological polar surface area (TPSA) is 90.6 Å². The molecule has 0 aliphatic carbocycles. The molecule has 6 heteroatoms. The minimum Gasteiger partial charge on any atom is -0.458 e. The summed E-state index contributed by atoms with van der Waals surface area (Å²) < 4.78 is 10.7. The first-order valence-corrected chi connectivity index (χ1v) is 8.42. The predicted octanol–water partition coefficient (Wildman–Crippen LogP) is 3.44. The lowest BCUT2D eigenvalue weighted by Gasteiger charge is -2.26. The van der Waals surface area contributed by atoms with Gasteiger partial charge in [-0.05, 0) is 72.1 Å². The number of anilines is 1. The van der Waals surface area contributed by atoms with Gasteiger partial charge in [0, 0.05) is 5.69 Å². The largest absolute Gasteiger partial charge is 0.458 e. The van der Waals surface area contributed by atoms with Gasteiger partial charge in [0.25, 0.3) is 0 Å². The zero-order valence-electron chi connectivity index (χ0n) is 16.0. The van der Waals surface area contributed by atoms with Gasteiger partial charge in [0.15, 0.2) is 0 Å². The van der Waals surface area contributed by atoms with E-state index < -0.39 is 29.3 Å². The Morgan fingerprint density at radius 3 is 2.20 bits per heavy atom. The number of hydrogen-bond donors (Lipinski definition) is 2. The van der Waals surface area contributed by atoms with E-state index in [1.54, 1.807) is 47.6 Å². The summed E-state index contributed by atoms with van der Waals surface area (Å²) in [7, 11) is 0. The maximum absolute atomic E-state index is 12.4. The smallest absolute Gasteiger partial charge is 0.408 e. The molecule has 0 radical (unpaired) electrons. The van der Waals surface area contributed by atoms with Crippen LogP contribution in [0.4, 0.5) is 10.5 Å². The van der Waals surface area contributed by atoms with E-state index in [1.807, 2.05) is 18.2 Å². The molecule has 0 saturated heterocycles. The number of ether oxygens (including phenoxy) is 2. The monoisotopic (exact) mass is 350 g/mol. The average Bonchev–Trinajstić information content (AvgIpc) is 2.39. The number of aryl methyl sites for hydroxylation is 1. The van der Waals surface area contributed by atoms with Crippen molar-refractivity contribution in [3.8, 4) is 0 Å². The minimum atomic E-state index is -0.796. The van der Waals surface area contributed by atoms with Gasteiger partial charge in [-0.2, -0.15) is 0 Å². The van der Waals surface area contributed by atoms with Crippen LogP contribution >= 0.6 is 0 Å². The van der Waals surface area contributed by atoms with E-state index in [0.717, 1.165) is 5.56 Å². The molecule has 140 valence electrons. The van der Waals surface area contributed by atoms with E-state index in [9.17, 15) is 9.59 Å². The van der Waals surface area contributed by atoms with Gasteiger partial charge >= 0.3 is 12.1 Å². The maximum atomic E-state index is 12.4. The van der Waals surface area contributed by atoms with Gasteiger partial charge in [-0.3, -0.25) is 0 Å². The summed E-state index contributed by atoms with van der Waals surface area (Å²) in [5.74, 6) is -0.484. The number of carbonyl (C=O) groups is 2. The van der Waals surface area contributed by atoms with Crippen LogP contribution in [0.2, 0.25) is 0 Å². The van der Waals surface area contributed by atoms with E-state index in [4.69, 9.17) is 15.2 Å². The molecule has 0 aliphatic heterocycles. The number of amides is 1. The molecule has 0 heterocycles. The second-order valence-electron chi connectivity index (χ2n) is 8.02. The van der Waals surface area contributed by atoms with Crippen molar-refractivity contribution in [3.05, 3.63) is 29.8 Å². The van der Waals surface area contributed by atoms with Crippen molar-refractivity contribution < 1.29 is 19.1 Å². The molecule has 3 N–H and O–H groups in total. The molecule has 25 heavy (non-hydrogen) atoms. The summed E-state index contributed by atoms with van der Waals surface area (Å²) in [6, 6.07) is 6.63. The van der Waals surface area contributed by atoms with Crippen LogP contribution in [0.1, 0.15) is 53.5 Å². The summed E-state index contributed by atoms with van der Waals surface area (Å²) in [5.41, 5.74) is 6.14. The highest BCUT2D eigenvalue weighted by atomic mass is 16.6. The van der Waals surface area contributed by atoms with Crippen molar-refractivity contribution >= 4 is 17.7 Å². The van der Waals surface area contributed by atoms with Crippen LogP contribution in [-0.4, -0.2) is 29.3 Å². The molecule has 0 spiro atoms. The van der Waals surface area contributed by atoms with Gasteiger partial charge in [0.1, 0.15) is 17.2 Å². The van der Waals surface area contributed by atoms with E-state index in [-0.39, 0.29) is 0 Å². The Morgan fingerprint density at radius 1 is 1.08 bits per heavy atom. The Kier molecular flexibility index (Phi) is 6.85. The SMILES string of the molecule is CC(C)(C)OC(=O)N[C@@H](CCc1cccc(N)c1)C(=O)OC(C)(C)C. The molecule has 0 saturated carbocycles. The van der Waals surface area contributed by atoms with Crippen LogP contribution in [0, 0.1) is 0 Å². The highest BCUT2D eigenvalue weighted by Gasteiger charge is 2.28. The van der Waals surface area contributed by atoms with Crippen molar-refractivity contribution in [1.82, 2.24) is 5.32 Å². The second-order valence-corrected chi connectivity index (χ2v) is 8.02. The lowest BCUT2D eigenvalue weighted by Crippen LogP contribution is -2.46. The van der Waals surface area contributed by atoms with Crippen LogP contribution in [0.25, 0.3) is 0 Å². The van der Waals surface area contributed by atoms with Crippen molar-refractivity contribution in [2.45, 2.75) is 71.6 Å². The Balaban J connectivity index is 2.79. The average molecular weight is 350 g/mol. The first kappa shape index (κ1) is 20.8. The van der Waals surface area contributed by atoms with E-state index in [2.05, 4.69) is 5.32 Å². The van der Waals surface area contributed by atoms with Crippen molar-refractivity contribution in [2.24, 2.45) is 0 Å². The molecule has 1 aromatic carbocycles. The zero-order valence-corrected chi connectivity index (χ0v) is 16.0. The number of benzene rings is 1. The summed E-state index contributed by atoms with van der Waals surface area (Å²) in [6.07, 6.45) is 0.318. The fourth-order valence-electron chi connectivity index (χ4n) is 2.13. The van der Waals surface area contributed by atoms with Gasteiger partial charge in [0.05, 0.1) is 0 Å². The molecule has 0 aromatic heterocycles. The Hall–Kier alpha value is -2.24. The van der Waals surface area contributed by atoms with Crippen LogP contribution in [-0.2, 0) is 20.7 Å². The normalized spacial score (nSPS) is 13.0. The standard InChI is InChI=1S/C19H30N2O4/c1-18(2,3)24-16(22)15(21-17(23)25-19(4,5)6)11-10-13-8-7-9-14(20)12-13/h7-9,12,15H,10-11,20H2,1-6H3,(H,21,23)/t15-/m0/s1. The third kappa shape index (κ3) is 8.98.